The molecule has 1 nitrogen and oxygen atoms in total. The van der Waals surface area contributed by atoms with Gasteiger partial charge in [0.05, 0.1) is 5.69 Å². The van der Waals surface area contributed by atoms with E-state index in [9.17, 15) is 0 Å². The highest BCUT2D eigenvalue weighted by molar-refractivity contribution is 5.91. The molecule has 0 saturated carbocycles. The molecule has 1 aliphatic heterocycles. The van der Waals surface area contributed by atoms with Gasteiger partial charge in [0, 0.05) is 17.3 Å². The summed E-state index contributed by atoms with van der Waals surface area (Å²) >= 11 is 0. The van der Waals surface area contributed by atoms with Crippen molar-refractivity contribution >= 4 is 22.1 Å². The molecule has 172 valence electrons. The van der Waals surface area contributed by atoms with Crippen molar-refractivity contribution in [2.24, 2.45) is 0 Å². The van der Waals surface area contributed by atoms with Crippen LogP contribution in [0.3, 0.4) is 0 Å². The molecular weight excluding hydrogens is 434 g/mol. The first-order chi connectivity index (χ1) is 17.8. The maximum Gasteiger partial charge on any atom is 0.0503 e. The second-order valence-electron chi connectivity index (χ2n) is 9.86. The summed E-state index contributed by atoms with van der Waals surface area (Å²) in [5.41, 5.74) is 11.6. The van der Waals surface area contributed by atoms with Crippen molar-refractivity contribution in [1.82, 2.24) is 0 Å². The first-order valence-electron chi connectivity index (χ1n) is 12.7. The number of anilines is 2. The third-order valence-electron chi connectivity index (χ3n) is 7.60. The van der Waals surface area contributed by atoms with E-state index in [1.165, 1.54) is 61.2 Å². The Morgan fingerprint density at radius 1 is 0.667 bits per heavy atom. The molecule has 0 spiro atoms. The summed E-state index contributed by atoms with van der Waals surface area (Å²) in [5.74, 6) is 0.400. The molecule has 0 bridgehead atoms. The third-order valence-corrected chi connectivity index (χ3v) is 7.60. The van der Waals surface area contributed by atoms with Crippen LogP contribution in [0.5, 0.6) is 0 Å². The fourth-order valence-corrected chi connectivity index (χ4v) is 5.88. The van der Waals surface area contributed by atoms with Gasteiger partial charge in [-0.1, -0.05) is 109 Å². The standard InChI is InChI=1S/C35H27N/c1-24-9-8-12-27(21-24)30-13-4-5-14-31(30)28-18-20-33-32-15-6-7-16-34(32)36(35(33)23-28)29-19-17-25-10-2-3-11-26(25)22-29/h2-14,16-23,32H,15H2,1H3. The van der Waals surface area contributed by atoms with E-state index in [0.717, 1.165) is 6.42 Å². The molecule has 1 heteroatoms. The molecule has 0 saturated heterocycles. The Morgan fingerprint density at radius 3 is 2.28 bits per heavy atom. The van der Waals surface area contributed by atoms with Crippen LogP contribution < -0.4 is 4.90 Å². The number of aryl methyl sites for hydroxylation is 1. The summed E-state index contributed by atoms with van der Waals surface area (Å²) in [5, 5.41) is 2.54. The quantitative estimate of drug-likeness (QED) is 0.258. The Morgan fingerprint density at radius 2 is 1.44 bits per heavy atom. The van der Waals surface area contributed by atoms with E-state index >= 15 is 0 Å². The van der Waals surface area contributed by atoms with Gasteiger partial charge in [-0.25, -0.2) is 0 Å². The van der Waals surface area contributed by atoms with Gasteiger partial charge in [-0.3, -0.25) is 0 Å². The highest BCUT2D eigenvalue weighted by Crippen LogP contribution is 2.52. The minimum atomic E-state index is 0.400. The predicted molar refractivity (Wildman–Crippen MR) is 153 cm³/mol. The van der Waals surface area contributed by atoms with Crippen molar-refractivity contribution in [3.05, 3.63) is 144 Å². The monoisotopic (exact) mass is 461 g/mol. The lowest BCUT2D eigenvalue weighted by molar-refractivity contribution is 0.820. The first kappa shape index (κ1) is 21.0. The van der Waals surface area contributed by atoms with Crippen LogP contribution in [-0.4, -0.2) is 0 Å². The molecule has 5 aromatic rings. The lowest BCUT2D eigenvalue weighted by atomic mass is 9.89. The van der Waals surface area contributed by atoms with Crippen LogP contribution in [0.25, 0.3) is 33.0 Å². The molecule has 7 rings (SSSR count). The van der Waals surface area contributed by atoms with Crippen molar-refractivity contribution in [2.75, 3.05) is 4.90 Å². The minimum Gasteiger partial charge on any atom is -0.313 e. The number of allylic oxidation sites excluding steroid dienone is 4. The summed E-state index contributed by atoms with van der Waals surface area (Å²) in [6, 6.07) is 40.1. The van der Waals surface area contributed by atoms with Gasteiger partial charge >= 0.3 is 0 Å². The SMILES string of the molecule is Cc1cccc(-c2ccccc2-c2ccc3c(c2)N(c2ccc4ccccc4c2)C2=CC=CCC23)c1. The van der Waals surface area contributed by atoms with E-state index in [1.807, 2.05) is 0 Å². The number of benzene rings is 5. The van der Waals surface area contributed by atoms with E-state index in [1.54, 1.807) is 0 Å². The fraction of sp³-hybridized carbons (Fsp3) is 0.0857. The van der Waals surface area contributed by atoms with Gasteiger partial charge in [-0.2, -0.15) is 0 Å². The van der Waals surface area contributed by atoms with Crippen molar-refractivity contribution in [1.29, 1.82) is 0 Å². The van der Waals surface area contributed by atoms with Crippen LogP contribution in [-0.2, 0) is 0 Å². The zero-order valence-electron chi connectivity index (χ0n) is 20.4. The van der Waals surface area contributed by atoms with E-state index in [-0.39, 0.29) is 0 Å². The molecule has 0 fully saturated rings. The average molecular weight is 462 g/mol. The minimum absolute atomic E-state index is 0.400. The average Bonchev–Trinajstić information content (AvgIpc) is 3.26. The smallest absolute Gasteiger partial charge is 0.0503 e. The molecule has 2 aliphatic rings. The zero-order chi connectivity index (χ0) is 24.1. The van der Waals surface area contributed by atoms with Gasteiger partial charge in [0.1, 0.15) is 0 Å². The van der Waals surface area contributed by atoms with Crippen molar-refractivity contribution in [2.45, 2.75) is 19.3 Å². The van der Waals surface area contributed by atoms with Crippen molar-refractivity contribution in [3.63, 3.8) is 0 Å². The first-order valence-corrected chi connectivity index (χ1v) is 12.7. The van der Waals surface area contributed by atoms with Gasteiger partial charge in [0.25, 0.3) is 0 Å². The van der Waals surface area contributed by atoms with Crippen LogP contribution in [0.2, 0.25) is 0 Å². The maximum absolute atomic E-state index is 2.48. The highest BCUT2D eigenvalue weighted by Gasteiger charge is 2.35. The Labute approximate surface area is 212 Å². The summed E-state index contributed by atoms with van der Waals surface area (Å²) in [6.07, 6.45) is 7.84. The van der Waals surface area contributed by atoms with Crippen LogP contribution in [0.1, 0.15) is 23.5 Å². The van der Waals surface area contributed by atoms with Gasteiger partial charge in [-0.15, -0.1) is 0 Å². The predicted octanol–water partition coefficient (Wildman–Crippen LogP) is 9.56. The molecule has 1 unspecified atom stereocenters. The van der Waals surface area contributed by atoms with Crippen molar-refractivity contribution in [3.8, 4) is 22.3 Å². The molecule has 1 aliphatic carbocycles. The van der Waals surface area contributed by atoms with Crippen LogP contribution in [0.4, 0.5) is 11.4 Å². The number of hydrogen-bond acceptors (Lipinski definition) is 1. The molecular formula is C35H27N. The van der Waals surface area contributed by atoms with Gasteiger partial charge in [-0.05, 0) is 76.2 Å². The van der Waals surface area contributed by atoms with Gasteiger partial charge < -0.3 is 4.90 Å². The normalized spacial score (nSPS) is 16.1. The van der Waals surface area contributed by atoms with Crippen molar-refractivity contribution < 1.29 is 0 Å². The number of fused-ring (bicyclic) bond motifs is 4. The lowest BCUT2D eigenvalue weighted by Crippen LogP contribution is -2.14. The van der Waals surface area contributed by atoms with E-state index in [0.29, 0.717) is 5.92 Å². The maximum atomic E-state index is 2.48. The molecule has 0 amide bonds. The topological polar surface area (TPSA) is 3.24 Å². The molecule has 36 heavy (non-hydrogen) atoms. The zero-order valence-corrected chi connectivity index (χ0v) is 20.4. The molecule has 5 aromatic carbocycles. The van der Waals surface area contributed by atoms with E-state index in [4.69, 9.17) is 0 Å². The summed E-state index contributed by atoms with van der Waals surface area (Å²) in [7, 11) is 0. The van der Waals surface area contributed by atoms with Gasteiger partial charge in [0.15, 0.2) is 0 Å². The number of nitrogens with zero attached hydrogens (tertiary/aromatic N) is 1. The number of rotatable bonds is 3. The fourth-order valence-electron chi connectivity index (χ4n) is 5.88. The Bertz CT molecular complexity index is 1690. The van der Waals surface area contributed by atoms with Crippen LogP contribution in [0, 0.1) is 6.92 Å². The number of hydrogen-bond donors (Lipinski definition) is 0. The molecule has 1 heterocycles. The molecule has 0 aromatic heterocycles. The largest absolute Gasteiger partial charge is 0.313 e. The third kappa shape index (κ3) is 3.39. The highest BCUT2D eigenvalue weighted by atomic mass is 15.2. The lowest BCUT2D eigenvalue weighted by Gasteiger charge is -2.25. The van der Waals surface area contributed by atoms with Gasteiger partial charge in [0.2, 0.25) is 0 Å². The van der Waals surface area contributed by atoms with E-state index in [2.05, 4.69) is 139 Å². The summed E-state index contributed by atoms with van der Waals surface area (Å²) in [6.45, 7) is 2.16. The van der Waals surface area contributed by atoms with Crippen LogP contribution >= 0.6 is 0 Å². The Hall–Kier alpha value is -4.36. The van der Waals surface area contributed by atoms with Crippen LogP contribution in [0.15, 0.2) is 133 Å². The summed E-state index contributed by atoms with van der Waals surface area (Å²) in [4.78, 5) is 2.48. The molecule has 1 atom stereocenters. The summed E-state index contributed by atoms with van der Waals surface area (Å²) < 4.78 is 0. The Kier molecular flexibility index (Phi) is 4.89. The molecule has 0 N–H and O–H groups in total. The van der Waals surface area contributed by atoms with E-state index < -0.39 is 0 Å². The second-order valence-corrected chi connectivity index (χ2v) is 9.86. The molecule has 0 radical (unpaired) electrons. The Balaban J connectivity index is 1.40. The second kappa shape index (κ2) is 8.39.